The lowest BCUT2D eigenvalue weighted by atomic mass is 10.1. The van der Waals surface area contributed by atoms with Crippen LogP contribution in [0.1, 0.15) is 53.5 Å². The highest BCUT2D eigenvalue weighted by Crippen LogP contribution is 2.39. The molecule has 0 saturated heterocycles. The summed E-state index contributed by atoms with van der Waals surface area (Å²) in [7, 11) is 0. The van der Waals surface area contributed by atoms with Gasteiger partial charge in [0.2, 0.25) is 0 Å². The molecular formula is C19H19BrF2N2OS. The zero-order chi connectivity index (χ0) is 18.7. The van der Waals surface area contributed by atoms with Crippen molar-refractivity contribution >= 4 is 44.4 Å². The number of rotatable bonds is 8. The molecule has 1 N–H and O–H groups in total. The van der Waals surface area contributed by atoms with Gasteiger partial charge in [0.15, 0.2) is 11.4 Å². The summed E-state index contributed by atoms with van der Waals surface area (Å²) >= 11 is 4.72. The van der Waals surface area contributed by atoms with Crippen LogP contribution in [0.3, 0.4) is 0 Å². The van der Waals surface area contributed by atoms with Gasteiger partial charge in [-0.2, -0.15) is 0 Å². The molecule has 1 aromatic heterocycles. The topological polar surface area (TPSA) is 42.0 Å². The van der Waals surface area contributed by atoms with E-state index in [1.807, 2.05) is 0 Å². The zero-order valence-corrected chi connectivity index (χ0v) is 16.7. The lowest BCUT2D eigenvalue weighted by Gasteiger charge is -2.11. The van der Waals surface area contributed by atoms with Crippen molar-refractivity contribution in [3.05, 3.63) is 51.5 Å². The Morgan fingerprint density at radius 1 is 1.38 bits per heavy atom. The van der Waals surface area contributed by atoms with Gasteiger partial charge in [-0.1, -0.05) is 40.3 Å². The number of anilines is 1. The van der Waals surface area contributed by atoms with Gasteiger partial charge in [-0.15, -0.1) is 0 Å². The Kier molecular flexibility index (Phi) is 6.19. The fourth-order valence-electron chi connectivity index (χ4n) is 2.72. The molecule has 1 aliphatic carbocycles. The van der Waals surface area contributed by atoms with Gasteiger partial charge >= 0.3 is 0 Å². The van der Waals surface area contributed by atoms with Gasteiger partial charge in [0, 0.05) is 4.83 Å². The lowest BCUT2D eigenvalue weighted by molar-refractivity contribution is 0.112. The number of halogens is 3. The predicted octanol–water partition coefficient (Wildman–Crippen LogP) is 5.96. The summed E-state index contributed by atoms with van der Waals surface area (Å²) in [5.74, 6) is -1.21. The van der Waals surface area contributed by atoms with Crippen molar-refractivity contribution < 1.29 is 13.6 Å². The number of aromatic nitrogens is 1. The van der Waals surface area contributed by atoms with Crippen LogP contribution in [0.15, 0.2) is 23.8 Å². The summed E-state index contributed by atoms with van der Waals surface area (Å²) in [5.41, 5.74) is 2.08. The van der Waals surface area contributed by atoms with Gasteiger partial charge in [0.1, 0.15) is 11.6 Å². The van der Waals surface area contributed by atoms with Crippen molar-refractivity contribution in [2.45, 2.75) is 43.9 Å². The van der Waals surface area contributed by atoms with Gasteiger partial charge in [0.05, 0.1) is 21.8 Å². The molecule has 1 aliphatic rings. The van der Waals surface area contributed by atoms with E-state index in [9.17, 15) is 13.6 Å². The molecule has 0 aliphatic heterocycles. The van der Waals surface area contributed by atoms with Gasteiger partial charge in [0.25, 0.3) is 0 Å². The first kappa shape index (κ1) is 19.2. The minimum atomic E-state index is -0.606. The van der Waals surface area contributed by atoms with Crippen LogP contribution in [0, 0.1) is 11.6 Å². The van der Waals surface area contributed by atoms with Crippen molar-refractivity contribution in [3.63, 3.8) is 0 Å². The largest absolute Gasteiger partial charge is 0.331 e. The average molecular weight is 441 g/mol. The predicted molar refractivity (Wildman–Crippen MR) is 105 cm³/mol. The van der Waals surface area contributed by atoms with E-state index in [-0.39, 0.29) is 5.56 Å². The van der Waals surface area contributed by atoms with Crippen molar-refractivity contribution in [2.24, 2.45) is 0 Å². The molecule has 2 aromatic rings. The average Bonchev–Trinajstić information content (AvgIpc) is 3.35. The molecule has 1 saturated carbocycles. The van der Waals surface area contributed by atoms with Gasteiger partial charge in [-0.25, -0.2) is 13.8 Å². The second-order valence-electron chi connectivity index (χ2n) is 6.32. The smallest absolute Gasteiger partial charge is 0.188 e. The Hall–Kier alpha value is -1.60. The second-order valence-corrected chi connectivity index (χ2v) is 8.91. The maximum atomic E-state index is 14.2. The maximum Gasteiger partial charge on any atom is 0.188 e. The van der Waals surface area contributed by atoms with Crippen LogP contribution in [0.25, 0.3) is 5.70 Å². The normalized spacial score (nSPS) is 14.2. The fraction of sp³-hybridized carbons (Fsp3) is 0.368. The van der Waals surface area contributed by atoms with E-state index >= 15 is 0 Å². The van der Waals surface area contributed by atoms with Crippen LogP contribution in [-0.2, 0) is 6.42 Å². The number of thiazole rings is 1. The monoisotopic (exact) mass is 440 g/mol. The number of aryl methyl sites for hydroxylation is 1. The number of alkyl halides is 1. The molecule has 1 atom stereocenters. The maximum absolute atomic E-state index is 14.2. The van der Waals surface area contributed by atoms with E-state index in [1.54, 1.807) is 0 Å². The number of allylic oxidation sites excluding steroid dienone is 1. The number of hydrogen-bond donors (Lipinski definition) is 1. The molecule has 26 heavy (non-hydrogen) atoms. The van der Waals surface area contributed by atoms with Crippen LogP contribution >= 0.6 is 27.3 Å². The van der Waals surface area contributed by atoms with E-state index in [4.69, 9.17) is 0 Å². The number of hydrogen-bond acceptors (Lipinski definition) is 4. The molecular weight excluding hydrogens is 422 g/mol. The number of aldehydes is 1. The quantitative estimate of drug-likeness (QED) is 0.406. The fourth-order valence-corrected chi connectivity index (χ4v) is 3.88. The molecule has 1 aromatic carbocycles. The number of benzene rings is 1. The van der Waals surface area contributed by atoms with E-state index in [2.05, 4.69) is 33.2 Å². The van der Waals surface area contributed by atoms with Crippen molar-refractivity contribution in [1.82, 2.24) is 4.98 Å². The van der Waals surface area contributed by atoms with Crippen molar-refractivity contribution in [2.75, 3.05) is 5.32 Å². The summed E-state index contributed by atoms with van der Waals surface area (Å²) in [6, 6.07) is 3.84. The third kappa shape index (κ3) is 4.57. The summed E-state index contributed by atoms with van der Waals surface area (Å²) in [4.78, 5) is 16.8. The lowest BCUT2D eigenvalue weighted by Crippen LogP contribution is -2.04. The highest BCUT2D eigenvalue weighted by Gasteiger charge is 2.25. The Balaban J connectivity index is 1.84. The minimum absolute atomic E-state index is 0.0579. The number of carbonyl (C=O) groups excluding carboxylic acids is 1. The third-order valence-corrected chi connectivity index (χ3v) is 5.54. The van der Waals surface area contributed by atoms with E-state index < -0.39 is 11.6 Å². The Morgan fingerprint density at radius 3 is 2.65 bits per heavy atom. The minimum Gasteiger partial charge on any atom is -0.331 e. The van der Waals surface area contributed by atoms with Gasteiger partial charge in [-0.05, 0) is 49.8 Å². The highest BCUT2D eigenvalue weighted by molar-refractivity contribution is 9.09. The van der Waals surface area contributed by atoms with Crippen LogP contribution in [-0.4, -0.2) is 16.1 Å². The van der Waals surface area contributed by atoms with E-state index in [1.165, 1.54) is 29.5 Å². The van der Waals surface area contributed by atoms with Crippen LogP contribution in [0.5, 0.6) is 0 Å². The molecule has 3 nitrogen and oxygen atoms in total. The van der Waals surface area contributed by atoms with Crippen LogP contribution in [0.2, 0.25) is 0 Å². The standard InChI is InChI=1S/C19H19BrF2N2OS/c1-11(20)4-2-7-15-16(10-25)26-19(23-15)24-18(12-8-9-12)17-13(21)5-3-6-14(17)22/h3,5-6,10-11H,2,4,7-9H2,1H3,(H,23,24). The molecule has 3 rings (SSSR count). The molecule has 0 radical (unpaired) electrons. The highest BCUT2D eigenvalue weighted by atomic mass is 79.9. The molecule has 1 unspecified atom stereocenters. The third-order valence-electron chi connectivity index (χ3n) is 4.15. The Labute approximate surface area is 163 Å². The first-order valence-corrected chi connectivity index (χ1v) is 10.2. The summed E-state index contributed by atoms with van der Waals surface area (Å²) in [6.45, 7) is 2.08. The molecule has 7 heteroatoms. The first-order chi connectivity index (χ1) is 12.5. The van der Waals surface area contributed by atoms with Crippen LogP contribution in [0.4, 0.5) is 13.9 Å². The van der Waals surface area contributed by atoms with Gasteiger partial charge in [-0.3, -0.25) is 4.79 Å². The Bertz CT molecular complexity index is 822. The number of carbonyl (C=O) groups is 1. The molecule has 0 spiro atoms. The van der Waals surface area contributed by atoms with Gasteiger partial charge < -0.3 is 5.32 Å². The Morgan fingerprint density at radius 2 is 2.08 bits per heavy atom. The first-order valence-electron chi connectivity index (χ1n) is 8.52. The number of nitrogens with zero attached hydrogens (tertiary/aromatic N) is 1. The van der Waals surface area contributed by atoms with Crippen LogP contribution < -0.4 is 5.32 Å². The summed E-state index contributed by atoms with van der Waals surface area (Å²) in [5, 5.41) is 3.56. The number of nitrogens with one attached hydrogen (secondary N) is 1. The molecule has 0 amide bonds. The molecule has 0 bridgehead atoms. The molecule has 1 heterocycles. The molecule has 138 valence electrons. The van der Waals surface area contributed by atoms with Crippen molar-refractivity contribution in [1.29, 1.82) is 0 Å². The second kappa shape index (κ2) is 8.39. The summed E-state index contributed by atoms with van der Waals surface area (Å²) < 4.78 is 28.4. The summed E-state index contributed by atoms with van der Waals surface area (Å²) in [6.07, 6.45) is 4.99. The van der Waals surface area contributed by atoms with E-state index in [0.717, 1.165) is 43.2 Å². The molecule has 1 fully saturated rings. The SMILES string of the molecule is CC(Br)CCCc1nc(NC(=C2CC2)c2c(F)cccc2F)sc1C=O. The zero-order valence-electron chi connectivity index (χ0n) is 14.3. The van der Waals surface area contributed by atoms with E-state index in [0.29, 0.717) is 27.0 Å². The van der Waals surface area contributed by atoms with Crippen molar-refractivity contribution in [3.8, 4) is 0 Å².